The van der Waals surface area contributed by atoms with Crippen LogP contribution in [0.3, 0.4) is 0 Å². The number of hydrogen-bond acceptors (Lipinski definition) is 3. The highest BCUT2D eigenvalue weighted by Gasteiger charge is 2.51. The van der Waals surface area contributed by atoms with Gasteiger partial charge in [0.25, 0.3) is 0 Å². The van der Waals surface area contributed by atoms with Crippen molar-refractivity contribution in [2.75, 3.05) is 13.1 Å². The minimum absolute atomic E-state index is 0.0836. The third-order valence-electron chi connectivity index (χ3n) is 3.10. The summed E-state index contributed by atoms with van der Waals surface area (Å²) >= 11 is 0. The van der Waals surface area contributed by atoms with Crippen LogP contribution >= 0.6 is 0 Å². The number of rotatable bonds is 5. The summed E-state index contributed by atoms with van der Waals surface area (Å²) < 4.78 is 0. The molecule has 1 unspecified atom stereocenters. The Bertz CT molecular complexity index is 300. The van der Waals surface area contributed by atoms with Gasteiger partial charge >= 0.3 is 0 Å². The van der Waals surface area contributed by atoms with Gasteiger partial charge < -0.3 is 15.8 Å². The third-order valence-corrected chi connectivity index (χ3v) is 3.10. The summed E-state index contributed by atoms with van der Waals surface area (Å²) in [6.45, 7) is 7.05. The van der Waals surface area contributed by atoms with Crippen LogP contribution in [-0.2, 0) is 4.79 Å². The van der Waals surface area contributed by atoms with Crippen LogP contribution in [0.15, 0.2) is 5.16 Å². The second-order valence-electron chi connectivity index (χ2n) is 5.10. The normalized spacial score (nSPS) is 22.9. The van der Waals surface area contributed by atoms with E-state index in [2.05, 4.69) is 19.0 Å². The number of oxime groups is 1. The van der Waals surface area contributed by atoms with E-state index in [4.69, 9.17) is 10.9 Å². The fourth-order valence-corrected chi connectivity index (χ4v) is 1.87. The van der Waals surface area contributed by atoms with Crippen LogP contribution in [0.25, 0.3) is 0 Å². The Balaban J connectivity index is 2.60. The van der Waals surface area contributed by atoms with E-state index in [1.165, 1.54) is 0 Å². The average molecular weight is 227 g/mol. The quantitative estimate of drug-likeness (QED) is 0.318. The summed E-state index contributed by atoms with van der Waals surface area (Å²) in [6, 6.07) is 0. The molecule has 1 fully saturated rings. The number of amides is 1. The molecule has 16 heavy (non-hydrogen) atoms. The smallest absolute Gasteiger partial charge is 0.226 e. The molecule has 1 atom stereocenters. The Hall–Kier alpha value is -1.26. The molecule has 0 aromatic rings. The van der Waals surface area contributed by atoms with Crippen LogP contribution in [0.2, 0.25) is 0 Å². The van der Waals surface area contributed by atoms with Crippen molar-refractivity contribution in [2.24, 2.45) is 22.2 Å². The van der Waals surface area contributed by atoms with Gasteiger partial charge in [-0.25, -0.2) is 0 Å². The van der Waals surface area contributed by atoms with Gasteiger partial charge in [0.1, 0.15) is 0 Å². The van der Waals surface area contributed by atoms with Crippen molar-refractivity contribution >= 4 is 11.7 Å². The summed E-state index contributed by atoms with van der Waals surface area (Å²) in [7, 11) is 0. The van der Waals surface area contributed by atoms with Gasteiger partial charge in [-0.1, -0.05) is 25.9 Å². The molecule has 1 aliphatic rings. The minimum atomic E-state index is 0.0836. The van der Waals surface area contributed by atoms with Gasteiger partial charge in [0.05, 0.1) is 6.54 Å². The Morgan fingerprint density at radius 2 is 2.19 bits per heavy atom. The monoisotopic (exact) mass is 227 g/mol. The van der Waals surface area contributed by atoms with E-state index in [1.807, 2.05) is 6.92 Å². The fraction of sp³-hybridized carbons (Fsp3) is 0.818. The molecular weight excluding hydrogens is 206 g/mol. The molecule has 1 amide bonds. The Morgan fingerprint density at radius 3 is 2.56 bits per heavy atom. The maximum absolute atomic E-state index is 12.1. The number of carbonyl (C=O) groups is 1. The zero-order chi connectivity index (χ0) is 12.3. The summed E-state index contributed by atoms with van der Waals surface area (Å²) in [6.07, 6.45) is 1.81. The molecule has 0 aromatic heterocycles. The van der Waals surface area contributed by atoms with Gasteiger partial charge in [0.2, 0.25) is 5.91 Å². The molecule has 5 nitrogen and oxygen atoms in total. The van der Waals surface area contributed by atoms with E-state index < -0.39 is 0 Å². The number of carbonyl (C=O) groups excluding carboxylic acids is 1. The SMILES string of the molecule is CCCN(CC(N)=NO)C(=O)C1CC1(C)C. The topological polar surface area (TPSA) is 78.9 Å². The largest absolute Gasteiger partial charge is 0.409 e. The van der Waals surface area contributed by atoms with E-state index in [1.54, 1.807) is 4.90 Å². The van der Waals surface area contributed by atoms with Crippen molar-refractivity contribution in [3.63, 3.8) is 0 Å². The van der Waals surface area contributed by atoms with Gasteiger partial charge in [0, 0.05) is 12.5 Å². The molecule has 0 saturated heterocycles. The molecule has 0 heterocycles. The molecule has 0 aliphatic heterocycles. The first-order valence-electron chi connectivity index (χ1n) is 5.67. The van der Waals surface area contributed by atoms with Crippen LogP contribution in [0.4, 0.5) is 0 Å². The highest BCUT2D eigenvalue weighted by atomic mass is 16.4. The lowest BCUT2D eigenvalue weighted by atomic mass is 10.1. The molecule has 3 N–H and O–H groups in total. The first-order chi connectivity index (χ1) is 7.42. The van der Waals surface area contributed by atoms with Gasteiger partial charge in [-0.15, -0.1) is 0 Å². The lowest BCUT2D eigenvalue weighted by Gasteiger charge is -2.22. The van der Waals surface area contributed by atoms with E-state index in [-0.39, 0.29) is 29.6 Å². The third kappa shape index (κ3) is 2.87. The van der Waals surface area contributed by atoms with Crippen molar-refractivity contribution in [3.8, 4) is 0 Å². The molecule has 92 valence electrons. The highest BCUT2D eigenvalue weighted by molar-refractivity contribution is 5.89. The lowest BCUT2D eigenvalue weighted by molar-refractivity contribution is -0.132. The first-order valence-corrected chi connectivity index (χ1v) is 5.67. The summed E-state index contributed by atoms with van der Waals surface area (Å²) in [5.74, 6) is 0.309. The predicted molar refractivity (Wildman–Crippen MR) is 62.2 cm³/mol. The van der Waals surface area contributed by atoms with Crippen molar-refractivity contribution in [1.82, 2.24) is 4.90 Å². The molecule has 1 saturated carbocycles. The maximum Gasteiger partial charge on any atom is 0.226 e. The Labute approximate surface area is 96.3 Å². The predicted octanol–water partition coefficient (Wildman–Crippen LogP) is 1.02. The van der Waals surface area contributed by atoms with Crippen LogP contribution in [-0.4, -0.2) is 34.9 Å². The standard InChI is InChI=1S/C11H21N3O2/c1-4-5-14(7-9(12)13-16)10(15)8-6-11(8,2)3/h8,16H,4-7H2,1-3H3,(H2,12,13). The number of hydrogen-bond donors (Lipinski definition) is 2. The van der Waals surface area contributed by atoms with Crippen LogP contribution in [0, 0.1) is 11.3 Å². The lowest BCUT2D eigenvalue weighted by Crippen LogP contribution is -2.40. The second kappa shape index (κ2) is 4.72. The highest BCUT2D eigenvalue weighted by Crippen LogP contribution is 2.52. The average Bonchev–Trinajstić information content (AvgIpc) is 2.86. The van der Waals surface area contributed by atoms with E-state index in [0.29, 0.717) is 6.54 Å². The number of nitrogens with two attached hydrogens (primary N) is 1. The van der Waals surface area contributed by atoms with E-state index >= 15 is 0 Å². The van der Waals surface area contributed by atoms with Crippen LogP contribution in [0.5, 0.6) is 0 Å². The Morgan fingerprint density at radius 1 is 1.62 bits per heavy atom. The number of amidine groups is 1. The number of nitrogens with zero attached hydrogens (tertiary/aromatic N) is 2. The summed E-state index contributed by atoms with van der Waals surface area (Å²) in [4.78, 5) is 13.8. The second-order valence-corrected chi connectivity index (χ2v) is 5.10. The van der Waals surface area contributed by atoms with Crippen molar-refractivity contribution in [3.05, 3.63) is 0 Å². The molecular formula is C11H21N3O2. The molecule has 0 bridgehead atoms. The van der Waals surface area contributed by atoms with Crippen molar-refractivity contribution in [1.29, 1.82) is 0 Å². The van der Waals surface area contributed by atoms with Crippen molar-refractivity contribution < 1.29 is 10.0 Å². The van der Waals surface area contributed by atoms with Gasteiger partial charge in [-0.2, -0.15) is 0 Å². The fourth-order valence-electron chi connectivity index (χ4n) is 1.87. The molecule has 0 spiro atoms. The molecule has 0 radical (unpaired) electrons. The van der Waals surface area contributed by atoms with Crippen molar-refractivity contribution in [2.45, 2.75) is 33.6 Å². The summed E-state index contributed by atoms with van der Waals surface area (Å²) in [5, 5.41) is 11.4. The summed E-state index contributed by atoms with van der Waals surface area (Å²) in [5.41, 5.74) is 5.56. The Kier molecular flexibility index (Phi) is 3.78. The van der Waals surface area contributed by atoms with E-state index in [9.17, 15) is 4.79 Å². The molecule has 0 aromatic carbocycles. The zero-order valence-electron chi connectivity index (χ0n) is 10.2. The molecule has 5 heteroatoms. The van der Waals surface area contributed by atoms with Gasteiger partial charge in [-0.05, 0) is 18.3 Å². The van der Waals surface area contributed by atoms with Gasteiger partial charge in [0.15, 0.2) is 5.84 Å². The first kappa shape index (κ1) is 12.8. The molecule has 1 rings (SSSR count). The van der Waals surface area contributed by atoms with Crippen LogP contribution < -0.4 is 5.73 Å². The van der Waals surface area contributed by atoms with Gasteiger partial charge in [-0.3, -0.25) is 4.79 Å². The van der Waals surface area contributed by atoms with Crippen LogP contribution in [0.1, 0.15) is 33.6 Å². The zero-order valence-corrected chi connectivity index (χ0v) is 10.2. The van der Waals surface area contributed by atoms with E-state index in [0.717, 1.165) is 12.8 Å². The molecule has 1 aliphatic carbocycles. The minimum Gasteiger partial charge on any atom is -0.409 e. The maximum atomic E-state index is 12.1.